The summed E-state index contributed by atoms with van der Waals surface area (Å²) in [6.07, 6.45) is -4.29. The number of hydrogen-bond donors (Lipinski definition) is 1. The van der Waals surface area contributed by atoms with Gasteiger partial charge in [-0.3, -0.25) is 9.89 Å². The lowest BCUT2D eigenvalue weighted by Crippen LogP contribution is -2.26. The van der Waals surface area contributed by atoms with Gasteiger partial charge in [0.2, 0.25) is 0 Å². The van der Waals surface area contributed by atoms with Crippen LogP contribution in [0, 0.1) is 6.92 Å². The predicted molar refractivity (Wildman–Crippen MR) is 88.8 cm³/mol. The molecule has 26 heavy (non-hydrogen) atoms. The average molecular weight is 367 g/mol. The SMILES string of the molecule is COc1ccc(-c2c[nH]n3c(=O)c(CC(F)(F)F)c(C)nc23)cc1OC. The number of nitrogens with one attached hydrogen (secondary N) is 1. The number of H-pyrrole nitrogens is 1. The Morgan fingerprint density at radius 2 is 1.88 bits per heavy atom. The van der Waals surface area contributed by atoms with Crippen LogP contribution < -0.4 is 15.0 Å². The maximum atomic E-state index is 12.7. The van der Waals surface area contributed by atoms with Gasteiger partial charge in [0.1, 0.15) is 0 Å². The Balaban J connectivity index is 2.17. The first-order valence-electron chi connectivity index (χ1n) is 7.64. The molecule has 9 heteroatoms. The summed E-state index contributed by atoms with van der Waals surface area (Å²) in [5.41, 5.74) is 0.382. The van der Waals surface area contributed by atoms with Gasteiger partial charge in [-0.05, 0) is 24.6 Å². The summed E-state index contributed by atoms with van der Waals surface area (Å²) >= 11 is 0. The molecule has 0 amide bonds. The molecule has 0 saturated heterocycles. The van der Waals surface area contributed by atoms with Gasteiger partial charge in [0, 0.05) is 23.0 Å². The van der Waals surface area contributed by atoms with E-state index >= 15 is 0 Å². The Labute approximate surface area is 146 Å². The second kappa shape index (κ2) is 6.40. The van der Waals surface area contributed by atoms with Crippen molar-refractivity contribution in [3.8, 4) is 22.6 Å². The molecule has 3 rings (SSSR count). The van der Waals surface area contributed by atoms with E-state index in [-0.39, 0.29) is 16.9 Å². The number of halogens is 3. The van der Waals surface area contributed by atoms with Crippen molar-refractivity contribution in [2.24, 2.45) is 0 Å². The van der Waals surface area contributed by atoms with Crippen LogP contribution in [-0.4, -0.2) is 35.0 Å². The molecule has 0 bridgehead atoms. The highest BCUT2D eigenvalue weighted by Gasteiger charge is 2.31. The average Bonchev–Trinajstić information content (AvgIpc) is 3.00. The molecule has 0 fully saturated rings. The van der Waals surface area contributed by atoms with Gasteiger partial charge in [-0.15, -0.1) is 0 Å². The molecule has 0 atom stereocenters. The fraction of sp³-hybridized carbons (Fsp3) is 0.294. The summed E-state index contributed by atoms with van der Waals surface area (Å²) in [7, 11) is 3.00. The monoisotopic (exact) mass is 367 g/mol. The van der Waals surface area contributed by atoms with Gasteiger partial charge in [0.25, 0.3) is 5.56 Å². The van der Waals surface area contributed by atoms with Crippen molar-refractivity contribution >= 4 is 5.65 Å². The number of ether oxygens (including phenoxy) is 2. The molecule has 3 aromatic rings. The molecule has 6 nitrogen and oxygen atoms in total. The molecule has 0 aliphatic rings. The minimum Gasteiger partial charge on any atom is -0.493 e. The van der Waals surface area contributed by atoms with Gasteiger partial charge in [-0.2, -0.15) is 13.2 Å². The van der Waals surface area contributed by atoms with Gasteiger partial charge < -0.3 is 9.47 Å². The second-order valence-corrected chi connectivity index (χ2v) is 5.69. The van der Waals surface area contributed by atoms with E-state index in [1.807, 2.05) is 0 Å². The highest BCUT2D eigenvalue weighted by atomic mass is 19.4. The molecular weight excluding hydrogens is 351 g/mol. The van der Waals surface area contributed by atoms with Crippen molar-refractivity contribution < 1.29 is 22.6 Å². The smallest absolute Gasteiger partial charge is 0.393 e. The van der Waals surface area contributed by atoms with Crippen LogP contribution in [-0.2, 0) is 6.42 Å². The Kier molecular flexibility index (Phi) is 4.39. The van der Waals surface area contributed by atoms with E-state index in [0.29, 0.717) is 22.6 Å². The molecule has 2 aromatic heterocycles. The first kappa shape index (κ1) is 17.8. The Morgan fingerprint density at radius 3 is 2.50 bits per heavy atom. The largest absolute Gasteiger partial charge is 0.493 e. The third-order valence-electron chi connectivity index (χ3n) is 4.03. The van der Waals surface area contributed by atoms with Crippen molar-refractivity contribution in [1.82, 2.24) is 14.6 Å². The van der Waals surface area contributed by atoms with E-state index in [1.165, 1.54) is 27.3 Å². The van der Waals surface area contributed by atoms with Gasteiger partial charge in [0.05, 0.1) is 20.6 Å². The van der Waals surface area contributed by atoms with Gasteiger partial charge in [-0.1, -0.05) is 6.07 Å². The van der Waals surface area contributed by atoms with Crippen molar-refractivity contribution in [3.05, 3.63) is 46.0 Å². The number of rotatable bonds is 4. The standard InChI is InChI=1S/C17H16F3N3O3/c1-9-11(7-17(18,19)20)16(24)23-15(22-9)12(8-21-23)10-4-5-13(25-2)14(6-10)26-3/h4-6,8,21H,7H2,1-3H3. The fourth-order valence-electron chi connectivity index (χ4n) is 2.78. The van der Waals surface area contributed by atoms with Gasteiger partial charge in [0.15, 0.2) is 17.1 Å². The van der Waals surface area contributed by atoms with Crippen LogP contribution in [0.3, 0.4) is 0 Å². The summed E-state index contributed by atoms with van der Waals surface area (Å²) in [4.78, 5) is 16.7. The summed E-state index contributed by atoms with van der Waals surface area (Å²) in [6.45, 7) is 1.40. The van der Waals surface area contributed by atoms with Crippen molar-refractivity contribution in [2.45, 2.75) is 19.5 Å². The molecule has 2 heterocycles. The molecule has 0 spiro atoms. The van der Waals surface area contributed by atoms with E-state index in [2.05, 4.69) is 10.1 Å². The number of nitrogens with zero attached hydrogens (tertiary/aromatic N) is 2. The first-order chi connectivity index (χ1) is 12.2. The third-order valence-corrected chi connectivity index (χ3v) is 4.03. The van der Waals surface area contributed by atoms with Crippen LogP contribution in [0.15, 0.2) is 29.2 Å². The molecule has 0 aliphatic heterocycles. The number of methoxy groups -OCH3 is 2. The van der Waals surface area contributed by atoms with Crippen molar-refractivity contribution in [2.75, 3.05) is 14.2 Å². The highest BCUT2D eigenvalue weighted by molar-refractivity contribution is 5.78. The number of hydrogen-bond acceptors (Lipinski definition) is 4. The summed E-state index contributed by atoms with van der Waals surface area (Å²) in [6, 6.07) is 5.14. The summed E-state index contributed by atoms with van der Waals surface area (Å²) in [5.74, 6) is 1.02. The van der Waals surface area contributed by atoms with E-state index in [0.717, 1.165) is 4.52 Å². The van der Waals surface area contributed by atoms with Crippen LogP contribution in [0.1, 0.15) is 11.3 Å². The lowest BCUT2D eigenvalue weighted by Gasteiger charge is -2.10. The first-order valence-corrected chi connectivity index (χ1v) is 7.64. The Morgan fingerprint density at radius 1 is 1.19 bits per heavy atom. The molecule has 1 N–H and O–H groups in total. The minimum atomic E-state index is -4.49. The van der Waals surface area contributed by atoms with E-state index in [4.69, 9.17) is 9.47 Å². The maximum absolute atomic E-state index is 12.7. The minimum absolute atomic E-state index is 0.0497. The van der Waals surface area contributed by atoms with Gasteiger partial charge in [-0.25, -0.2) is 9.50 Å². The third kappa shape index (κ3) is 3.12. The number of aryl methyl sites for hydroxylation is 1. The number of aromatic amines is 1. The molecule has 0 saturated carbocycles. The molecule has 0 unspecified atom stereocenters. The zero-order valence-corrected chi connectivity index (χ0v) is 14.3. The van der Waals surface area contributed by atoms with Crippen LogP contribution in [0.5, 0.6) is 11.5 Å². The summed E-state index contributed by atoms with van der Waals surface area (Å²) in [5, 5.41) is 2.68. The topological polar surface area (TPSA) is 68.6 Å². The van der Waals surface area contributed by atoms with Crippen LogP contribution in [0.4, 0.5) is 13.2 Å². The molecular formula is C17H16F3N3O3. The Hall–Kier alpha value is -2.97. The van der Waals surface area contributed by atoms with Crippen molar-refractivity contribution in [3.63, 3.8) is 0 Å². The second-order valence-electron chi connectivity index (χ2n) is 5.69. The van der Waals surface area contributed by atoms with E-state index in [9.17, 15) is 18.0 Å². The molecule has 138 valence electrons. The molecule has 0 aliphatic carbocycles. The zero-order chi connectivity index (χ0) is 19.1. The quantitative estimate of drug-likeness (QED) is 0.769. The van der Waals surface area contributed by atoms with Crippen LogP contribution >= 0.6 is 0 Å². The Bertz CT molecular complexity index is 1020. The summed E-state index contributed by atoms with van der Waals surface area (Å²) < 4.78 is 49.6. The van der Waals surface area contributed by atoms with Gasteiger partial charge >= 0.3 is 6.18 Å². The maximum Gasteiger partial charge on any atom is 0.393 e. The number of fused-ring (bicyclic) bond motifs is 1. The fourth-order valence-corrected chi connectivity index (χ4v) is 2.78. The van der Waals surface area contributed by atoms with E-state index < -0.39 is 18.2 Å². The number of aromatic nitrogens is 3. The normalized spacial score (nSPS) is 11.8. The molecule has 1 aromatic carbocycles. The van der Waals surface area contributed by atoms with Crippen molar-refractivity contribution in [1.29, 1.82) is 0 Å². The van der Waals surface area contributed by atoms with Crippen LogP contribution in [0.25, 0.3) is 16.8 Å². The lowest BCUT2D eigenvalue weighted by atomic mass is 10.1. The van der Waals surface area contributed by atoms with Crippen LogP contribution in [0.2, 0.25) is 0 Å². The van der Waals surface area contributed by atoms with E-state index in [1.54, 1.807) is 18.2 Å². The predicted octanol–water partition coefficient (Wildman–Crippen LogP) is 3.12. The molecule has 0 radical (unpaired) electrons. The lowest BCUT2D eigenvalue weighted by molar-refractivity contribution is -0.127. The number of benzene rings is 1. The zero-order valence-electron chi connectivity index (χ0n) is 14.3. The highest BCUT2D eigenvalue weighted by Crippen LogP contribution is 2.33. The number of alkyl halides is 3.